The molecule has 0 fully saturated rings. The molecule has 0 radical (unpaired) electrons. The molecule has 0 aliphatic heterocycles. The number of aromatic nitrogens is 2. The number of hydrogen-bond acceptors (Lipinski definition) is 4. The zero-order chi connectivity index (χ0) is 24.5. The molecule has 3 aromatic carbocycles. The molecule has 0 spiro atoms. The molecule has 2 aromatic heterocycles. The van der Waals surface area contributed by atoms with Gasteiger partial charge in [-0.15, -0.1) is 0 Å². The fourth-order valence-electron chi connectivity index (χ4n) is 4.20. The third-order valence-electron chi connectivity index (χ3n) is 5.95. The molecule has 176 valence electrons. The molecular weight excluding hydrogens is 560 g/mol. The molecule has 0 bridgehead atoms. The summed E-state index contributed by atoms with van der Waals surface area (Å²) in [6.45, 7) is 5.91. The first kappa shape index (κ1) is 23.5. The zero-order valence-corrected chi connectivity index (χ0v) is 21.4. The van der Waals surface area contributed by atoms with Crippen LogP contribution in [0.25, 0.3) is 33.4 Å². The molecule has 5 aromatic rings. The Hall–Kier alpha value is -3.21. The maximum atomic E-state index is 14.3. The Morgan fingerprint density at radius 3 is 2.46 bits per heavy atom. The number of benzene rings is 3. The van der Waals surface area contributed by atoms with Gasteiger partial charge in [-0.25, -0.2) is 9.98 Å². The molecule has 5 rings (SSSR count). The van der Waals surface area contributed by atoms with Gasteiger partial charge >= 0.3 is 7.40 Å². The second kappa shape index (κ2) is 9.81. The van der Waals surface area contributed by atoms with Crippen LogP contribution in [0.2, 0.25) is 0 Å². The van der Waals surface area contributed by atoms with E-state index in [1.165, 1.54) is 0 Å². The molecule has 0 saturated heterocycles. The highest BCUT2D eigenvalue weighted by Crippen LogP contribution is 2.29. The van der Waals surface area contributed by atoms with E-state index >= 15 is 0 Å². The number of imidazole rings is 1. The van der Waals surface area contributed by atoms with Crippen molar-refractivity contribution in [3.05, 3.63) is 81.9 Å². The van der Waals surface area contributed by atoms with E-state index in [4.69, 9.17) is 9.41 Å². The van der Waals surface area contributed by atoms with E-state index in [9.17, 15) is 8.63 Å². The van der Waals surface area contributed by atoms with Crippen LogP contribution >= 0.6 is 22.6 Å². The Morgan fingerprint density at radius 1 is 1.00 bits per heavy atom. The lowest BCUT2D eigenvalue weighted by Gasteiger charge is -2.21. The Balaban J connectivity index is 1.81. The van der Waals surface area contributed by atoms with Gasteiger partial charge in [-0.1, -0.05) is 12.1 Å². The summed E-state index contributed by atoms with van der Waals surface area (Å²) in [6, 6.07) is 22.2. The van der Waals surface area contributed by atoms with Crippen LogP contribution in [0.15, 0.2) is 82.2 Å². The number of halogens is 3. The van der Waals surface area contributed by atoms with E-state index < -0.39 is 7.40 Å². The van der Waals surface area contributed by atoms with E-state index in [-0.39, 0.29) is 11.4 Å². The SMILES string of the molecule is CCN(CC)c1ccc2cc(-c3nc4ccccc4n3B(F)F)c(=Nc3ccc(I)cc3)oc2c1. The predicted octanol–water partition coefficient (Wildman–Crippen LogP) is 6.90. The summed E-state index contributed by atoms with van der Waals surface area (Å²) in [6.07, 6.45) is 0. The smallest absolute Gasteiger partial charge is 0.438 e. The topological polar surface area (TPSA) is 46.6 Å². The van der Waals surface area contributed by atoms with Gasteiger partial charge in [0.15, 0.2) is 0 Å². The molecular formula is C26H22BF2IN4O. The number of rotatable bonds is 6. The zero-order valence-electron chi connectivity index (χ0n) is 19.3. The average molecular weight is 582 g/mol. The predicted molar refractivity (Wildman–Crippen MR) is 146 cm³/mol. The van der Waals surface area contributed by atoms with Gasteiger partial charge in [-0.2, -0.15) is 0 Å². The molecule has 2 heterocycles. The first-order chi connectivity index (χ1) is 17.0. The molecule has 5 nitrogen and oxygen atoms in total. The lowest BCUT2D eigenvalue weighted by atomic mass is 10.1. The minimum Gasteiger partial charge on any atom is -0.438 e. The Labute approximate surface area is 215 Å². The number of hydrogen-bond donors (Lipinski definition) is 0. The van der Waals surface area contributed by atoms with Gasteiger partial charge in [0.25, 0.3) is 0 Å². The fraction of sp³-hybridized carbons (Fsp3) is 0.154. The lowest BCUT2D eigenvalue weighted by molar-refractivity contribution is 0.546. The summed E-state index contributed by atoms with van der Waals surface area (Å²) >= 11 is 2.22. The van der Waals surface area contributed by atoms with E-state index in [0.29, 0.717) is 27.9 Å². The van der Waals surface area contributed by atoms with Crippen LogP contribution in [0.3, 0.4) is 0 Å². The van der Waals surface area contributed by atoms with Crippen molar-refractivity contribution in [3.8, 4) is 11.4 Å². The monoisotopic (exact) mass is 582 g/mol. The highest BCUT2D eigenvalue weighted by molar-refractivity contribution is 14.1. The van der Waals surface area contributed by atoms with Gasteiger partial charge in [0.1, 0.15) is 11.4 Å². The molecule has 0 N–H and O–H groups in total. The van der Waals surface area contributed by atoms with Crippen molar-refractivity contribution in [2.75, 3.05) is 18.0 Å². The molecule has 0 aliphatic rings. The first-order valence-corrected chi connectivity index (χ1v) is 12.4. The van der Waals surface area contributed by atoms with Crippen LogP contribution in [0, 0.1) is 3.57 Å². The van der Waals surface area contributed by atoms with Gasteiger partial charge in [0, 0.05) is 33.8 Å². The van der Waals surface area contributed by atoms with E-state index in [0.717, 1.165) is 32.2 Å². The Kier molecular flexibility index (Phi) is 6.59. The van der Waals surface area contributed by atoms with Crippen LogP contribution in [0.4, 0.5) is 20.0 Å². The summed E-state index contributed by atoms with van der Waals surface area (Å²) in [5.41, 5.74) is 3.79. The maximum absolute atomic E-state index is 14.3. The molecule has 0 aliphatic carbocycles. The summed E-state index contributed by atoms with van der Waals surface area (Å²) in [5.74, 6) is 0.115. The number of anilines is 1. The average Bonchev–Trinajstić information content (AvgIpc) is 3.25. The summed E-state index contributed by atoms with van der Waals surface area (Å²) in [4.78, 5) is 11.5. The van der Waals surface area contributed by atoms with Crippen molar-refractivity contribution in [1.29, 1.82) is 0 Å². The fourth-order valence-corrected chi connectivity index (χ4v) is 4.56. The highest BCUT2D eigenvalue weighted by Gasteiger charge is 2.27. The standard InChI is InChI=1S/C26H22BF2IN4O/c1-3-33(4-2)20-14-9-17-15-21(25-32-22-7-5-6-8-23(22)34(25)27(28)29)26(35-24(17)16-20)31-19-12-10-18(30)11-13-19/h5-16H,3-4H2,1-2H3. The van der Waals surface area contributed by atoms with Crippen molar-refractivity contribution in [3.63, 3.8) is 0 Å². The van der Waals surface area contributed by atoms with Crippen LogP contribution in [0.5, 0.6) is 0 Å². The van der Waals surface area contributed by atoms with Crippen molar-refractivity contribution in [2.45, 2.75) is 13.8 Å². The number of para-hydroxylation sites is 2. The first-order valence-electron chi connectivity index (χ1n) is 11.4. The van der Waals surface area contributed by atoms with E-state index in [1.54, 1.807) is 24.3 Å². The second-order valence-electron chi connectivity index (χ2n) is 8.02. The molecule has 9 heteroatoms. The van der Waals surface area contributed by atoms with Gasteiger partial charge < -0.3 is 13.8 Å². The molecule has 0 atom stereocenters. The van der Waals surface area contributed by atoms with Gasteiger partial charge in [-0.3, -0.25) is 8.63 Å². The van der Waals surface area contributed by atoms with Crippen molar-refractivity contribution in [2.24, 2.45) is 4.99 Å². The Bertz CT molecular complexity index is 1580. The van der Waals surface area contributed by atoms with Gasteiger partial charge in [-0.05, 0) is 91.0 Å². The lowest BCUT2D eigenvalue weighted by Crippen LogP contribution is -2.21. The summed E-state index contributed by atoms with van der Waals surface area (Å²) in [7, 11) is -2.77. The third kappa shape index (κ3) is 4.56. The van der Waals surface area contributed by atoms with Gasteiger partial charge in [0.2, 0.25) is 5.55 Å². The molecule has 0 saturated carbocycles. The number of fused-ring (bicyclic) bond motifs is 2. The van der Waals surface area contributed by atoms with Crippen molar-refractivity contribution in [1.82, 2.24) is 9.46 Å². The maximum Gasteiger partial charge on any atom is 0.679 e. The minimum absolute atomic E-state index is 0.115. The normalized spacial score (nSPS) is 12.0. The molecule has 35 heavy (non-hydrogen) atoms. The molecule has 0 amide bonds. The van der Waals surface area contributed by atoms with Gasteiger partial charge in [0.05, 0.1) is 22.3 Å². The molecule has 0 unspecified atom stereocenters. The third-order valence-corrected chi connectivity index (χ3v) is 6.67. The minimum atomic E-state index is -2.77. The van der Waals surface area contributed by atoms with E-state index in [2.05, 4.69) is 46.3 Å². The quantitative estimate of drug-likeness (QED) is 0.162. The van der Waals surface area contributed by atoms with Crippen LogP contribution < -0.4 is 10.5 Å². The summed E-state index contributed by atoms with van der Waals surface area (Å²) < 4.78 is 36.8. The second-order valence-corrected chi connectivity index (χ2v) is 9.27. The van der Waals surface area contributed by atoms with Crippen molar-refractivity contribution >= 4 is 63.4 Å². The van der Waals surface area contributed by atoms with Crippen LogP contribution in [0.1, 0.15) is 13.8 Å². The largest absolute Gasteiger partial charge is 0.679 e. The van der Waals surface area contributed by atoms with E-state index in [1.807, 2.05) is 48.5 Å². The Morgan fingerprint density at radius 2 is 1.74 bits per heavy atom. The highest BCUT2D eigenvalue weighted by atomic mass is 127. The van der Waals surface area contributed by atoms with Crippen LogP contribution in [-0.2, 0) is 0 Å². The van der Waals surface area contributed by atoms with Crippen molar-refractivity contribution < 1.29 is 13.0 Å². The number of nitrogens with zero attached hydrogens (tertiary/aromatic N) is 4. The van der Waals surface area contributed by atoms with Crippen LogP contribution in [-0.4, -0.2) is 30.0 Å². The summed E-state index contributed by atoms with van der Waals surface area (Å²) in [5, 5.41) is 0.783.